The molecule has 4 aromatic heterocycles. The Labute approximate surface area is 204 Å². The largest absolute Gasteiger partial charge is 0.418 e. The number of aromatic nitrogens is 6. The molecular weight excluding hydrogens is 509 g/mol. The molecule has 0 radical (unpaired) electrons. The quantitative estimate of drug-likeness (QED) is 0.392. The van der Waals surface area contributed by atoms with Crippen LogP contribution < -0.4 is 10.6 Å². The van der Waals surface area contributed by atoms with E-state index in [1.54, 1.807) is 25.4 Å². The maximum absolute atomic E-state index is 13.0. The minimum atomic E-state index is -4.70. The highest BCUT2D eigenvalue weighted by Gasteiger charge is 2.34. The van der Waals surface area contributed by atoms with Crippen molar-refractivity contribution in [1.29, 1.82) is 0 Å². The molecule has 4 rings (SSSR count). The Kier molecular flexibility index (Phi) is 6.75. The number of anilines is 1. The number of alkyl halides is 3. The summed E-state index contributed by atoms with van der Waals surface area (Å²) in [6, 6.07) is 3.22. The predicted octanol–water partition coefficient (Wildman–Crippen LogP) is 3.93. The highest BCUT2D eigenvalue weighted by molar-refractivity contribution is 7.13. The SMILES string of the molecule is C[C@@H](NC(=O)c1cc(-n2cccn2)ncn1)c1ncc(C(=O)Nc2cc(C(F)(F)F)c(Cl)cn2)s1. The highest BCUT2D eigenvalue weighted by atomic mass is 35.5. The van der Waals surface area contributed by atoms with Gasteiger partial charge >= 0.3 is 6.18 Å². The van der Waals surface area contributed by atoms with E-state index in [4.69, 9.17) is 11.6 Å². The summed E-state index contributed by atoms with van der Waals surface area (Å²) in [4.78, 5) is 41.1. The maximum atomic E-state index is 13.0. The van der Waals surface area contributed by atoms with Gasteiger partial charge in [0.15, 0.2) is 5.82 Å². The summed E-state index contributed by atoms with van der Waals surface area (Å²) in [5, 5.41) is 8.87. The van der Waals surface area contributed by atoms with Gasteiger partial charge in [-0.3, -0.25) is 9.59 Å². The van der Waals surface area contributed by atoms with E-state index in [9.17, 15) is 22.8 Å². The Morgan fingerprint density at radius 2 is 1.91 bits per heavy atom. The number of halogens is 4. The van der Waals surface area contributed by atoms with Crippen LogP contribution in [-0.2, 0) is 6.18 Å². The standard InChI is InChI=1S/C20H14ClF3N8O2S/c1-10(30-17(33)13-6-16(28-9-27-13)32-4-2-3-29-32)19-26-8-14(35-19)18(34)31-15-5-11(20(22,23)24)12(21)7-25-15/h2-10H,1H3,(H,30,33)(H,25,31,34)/t10-/m1/s1. The van der Waals surface area contributed by atoms with Gasteiger partial charge in [-0.2, -0.15) is 18.3 Å². The fourth-order valence-corrected chi connectivity index (χ4v) is 3.85. The van der Waals surface area contributed by atoms with Crippen LogP contribution in [0.1, 0.15) is 43.7 Å². The highest BCUT2D eigenvalue weighted by Crippen LogP contribution is 2.35. The Morgan fingerprint density at radius 3 is 2.63 bits per heavy atom. The lowest BCUT2D eigenvalue weighted by molar-refractivity contribution is -0.137. The van der Waals surface area contributed by atoms with Crippen molar-refractivity contribution in [1.82, 2.24) is 35.0 Å². The number of hydrogen-bond acceptors (Lipinski definition) is 8. The molecule has 0 unspecified atom stereocenters. The van der Waals surface area contributed by atoms with Gasteiger partial charge in [-0.25, -0.2) is 24.6 Å². The Balaban J connectivity index is 1.42. The minimum absolute atomic E-state index is 0.0983. The summed E-state index contributed by atoms with van der Waals surface area (Å²) in [6.07, 6.45) is 1.82. The number of carbonyl (C=O) groups is 2. The first kappa shape index (κ1) is 24.2. The number of amides is 2. The molecule has 0 fully saturated rings. The van der Waals surface area contributed by atoms with E-state index in [2.05, 4.69) is 35.7 Å². The van der Waals surface area contributed by atoms with E-state index in [1.807, 2.05) is 0 Å². The summed E-state index contributed by atoms with van der Waals surface area (Å²) in [5.74, 6) is -1.13. The number of pyridine rings is 1. The molecule has 35 heavy (non-hydrogen) atoms. The monoisotopic (exact) mass is 522 g/mol. The van der Waals surface area contributed by atoms with Gasteiger partial charge in [0.05, 0.1) is 22.8 Å². The molecule has 0 aromatic carbocycles. The molecule has 10 nitrogen and oxygen atoms in total. The summed E-state index contributed by atoms with van der Waals surface area (Å²) in [5.41, 5.74) is -1.02. The topological polar surface area (TPSA) is 128 Å². The normalized spacial score (nSPS) is 12.3. The van der Waals surface area contributed by atoms with E-state index in [0.29, 0.717) is 16.9 Å². The van der Waals surface area contributed by atoms with Crippen molar-refractivity contribution in [3.63, 3.8) is 0 Å². The van der Waals surface area contributed by atoms with Crippen molar-refractivity contribution < 1.29 is 22.8 Å². The summed E-state index contributed by atoms with van der Waals surface area (Å²) < 4.78 is 40.5. The molecule has 0 bridgehead atoms. The van der Waals surface area contributed by atoms with Gasteiger partial charge in [-0.15, -0.1) is 11.3 Å². The van der Waals surface area contributed by atoms with Gasteiger partial charge in [-0.1, -0.05) is 11.6 Å². The molecule has 2 amide bonds. The first-order valence-electron chi connectivity index (χ1n) is 9.74. The number of hydrogen-bond donors (Lipinski definition) is 2. The van der Waals surface area contributed by atoms with Gasteiger partial charge < -0.3 is 10.6 Å². The molecule has 4 heterocycles. The third kappa shape index (κ3) is 5.60. The second kappa shape index (κ2) is 9.76. The molecule has 0 aliphatic heterocycles. The first-order chi connectivity index (χ1) is 16.6. The number of rotatable bonds is 6. The van der Waals surface area contributed by atoms with Crippen LogP contribution in [0.25, 0.3) is 5.82 Å². The van der Waals surface area contributed by atoms with Crippen LogP contribution in [0.3, 0.4) is 0 Å². The molecular formula is C20H14ClF3N8O2S. The molecule has 2 N–H and O–H groups in total. The third-order valence-corrected chi connectivity index (χ3v) is 5.97. The molecule has 0 saturated heterocycles. The molecule has 0 spiro atoms. The lowest BCUT2D eigenvalue weighted by Gasteiger charge is -2.11. The molecule has 0 aliphatic carbocycles. The summed E-state index contributed by atoms with van der Waals surface area (Å²) >= 11 is 6.50. The van der Waals surface area contributed by atoms with Crippen molar-refractivity contribution in [3.05, 3.63) is 75.5 Å². The zero-order valence-corrected chi connectivity index (χ0v) is 19.2. The zero-order chi connectivity index (χ0) is 25.2. The van der Waals surface area contributed by atoms with Crippen LogP contribution in [-0.4, -0.2) is 41.5 Å². The van der Waals surface area contributed by atoms with Gasteiger partial charge in [0.25, 0.3) is 11.8 Å². The number of nitrogens with one attached hydrogen (secondary N) is 2. The van der Waals surface area contributed by atoms with E-state index in [-0.39, 0.29) is 16.4 Å². The van der Waals surface area contributed by atoms with Crippen LogP contribution in [0.5, 0.6) is 0 Å². The smallest absolute Gasteiger partial charge is 0.342 e. The third-order valence-electron chi connectivity index (χ3n) is 4.49. The fraction of sp³-hybridized carbons (Fsp3) is 0.150. The Bertz CT molecular complexity index is 1380. The van der Waals surface area contributed by atoms with E-state index in [1.165, 1.54) is 23.3 Å². The molecule has 0 aliphatic rings. The average Bonchev–Trinajstić information content (AvgIpc) is 3.52. The predicted molar refractivity (Wildman–Crippen MR) is 119 cm³/mol. The lowest BCUT2D eigenvalue weighted by atomic mass is 10.2. The summed E-state index contributed by atoms with van der Waals surface area (Å²) in [7, 11) is 0. The first-order valence-corrected chi connectivity index (χ1v) is 10.9. The average molecular weight is 523 g/mol. The maximum Gasteiger partial charge on any atom is 0.418 e. The van der Waals surface area contributed by atoms with Gasteiger partial charge in [0.2, 0.25) is 0 Å². The van der Waals surface area contributed by atoms with Crippen molar-refractivity contribution in [2.24, 2.45) is 0 Å². The van der Waals surface area contributed by atoms with Crippen molar-refractivity contribution in [3.8, 4) is 5.82 Å². The van der Waals surface area contributed by atoms with Gasteiger partial charge in [0.1, 0.15) is 27.7 Å². The van der Waals surface area contributed by atoms with Crippen LogP contribution in [0.15, 0.2) is 49.3 Å². The Morgan fingerprint density at radius 1 is 1.11 bits per heavy atom. The fourth-order valence-electron chi connectivity index (χ4n) is 2.83. The zero-order valence-electron chi connectivity index (χ0n) is 17.6. The molecule has 0 saturated carbocycles. The number of nitrogens with zero attached hydrogens (tertiary/aromatic N) is 6. The van der Waals surface area contributed by atoms with E-state index in [0.717, 1.165) is 17.5 Å². The number of carbonyl (C=O) groups excluding carboxylic acids is 2. The second-order valence-electron chi connectivity index (χ2n) is 6.97. The van der Waals surface area contributed by atoms with Crippen LogP contribution in [0, 0.1) is 0 Å². The van der Waals surface area contributed by atoms with Crippen LogP contribution in [0.2, 0.25) is 5.02 Å². The number of thiazole rings is 1. The molecule has 1 atom stereocenters. The van der Waals surface area contributed by atoms with Crippen molar-refractivity contribution in [2.75, 3.05) is 5.32 Å². The lowest BCUT2D eigenvalue weighted by Crippen LogP contribution is -2.27. The van der Waals surface area contributed by atoms with Crippen LogP contribution >= 0.6 is 22.9 Å². The molecule has 4 aromatic rings. The Hall–Kier alpha value is -3.91. The molecule has 15 heteroatoms. The second-order valence-corrected chi connectivity index (χ2v) is 8.44. The summed E-state index contributed by atoms with van der Waals surface area (Å²) in [6.45, 7) is 1.66. The van der Waals surface area contributed by atoms with Crippen LogP contribution in [0.4, 0.5) is 19.0 Å². The molecule has 180 valence electrons. The van der Waals surface area contributed by atoms with E-state index < -0.39 is 34.6 Å². The van der Waals surface area contributed by atoms with Gasteiger partial charge in [-0.05, 0) is 19.1 Å². The van der Waals surface area contributed by atoms with Crippen molar-refractivity contribution >= 4 is 40.6 Å². The van der Waals surface area contributed by atoms with Crippen molar-refractivity contribution in [2.45, 2.75) is 19.1 Å². The van der Waals surface area contributed by atoms with Gasteiger partial charge in [0, 0.05) is 24.7 Å². The minimum Gasteiger partial charge on any atom is -0.342 e. The van der Waals surface area contributed by atoms with E-state index >= 15 is 0 Å².